The molecule has 10 aromatic rings. The monoisotopic (exact) mass is 796 g/mol. The van der Waals surface area contributed by atoms with E-state index in [1.54, 1.807) is 0 Å². The fraction of sp³-hybridized carbons (Fsp3) is 0.236. The van der Waals surface area contributed by atoms with Crippen LogP contribution in [-0.4, -0.2) is 11.8 Å². The zero-order valence-corrected chi connectivity index (χ0v) is 36.7. The van der Waals surface area contributed by atoms with Crippen LogP contribution in [0.25, 0.3) is 80.7 Å². The Morgan fingerprint density at radius 3 is 2.15 bits per heavy atom. The van der Waals surface area contributed by atoms with Gasteiger partial charge in [0.15, 0.2) is 7.28 Å². The lowest BCUT2D eigenvalue weighted by molar-refractivity contribution is 0.332. The molecule has 0 unspecified atom stereocenters. The first-order valence-corrected chi connectivity index (χ1v) is 22.5. The van der Waals surface area contributed by atoms with Gasteiger partial charge in [0.05, 0.1) is 5.52 Å². The van der Waals surface area contributed by atoms with Crippen LogP contribution in [0.4, 0.5) is 11.4 Å². The summed E-state index contributed by atoms with van der Waals surface area (Å²) in [5, 5.41) is 11.6. The molecule has 1 aliphatic carbocycles. The lowest BCUT2D eigenvalue weighted by atomic mass is 9.58. The number of anilines is 2. The van der Waals surface area contributed by atoms with Crippen molar-refractivity contribution < 1.29 is 4.42 Å². The van der Waals surface area contributed by atoms with E-state index in [9.17, 15) is 0 Å². The average molecular weight is 797 g/mol. The quantitative estimate of drug-likeness (QED) is 0.181. The van der Waals surface area contributed by atoms with Gasteiger partial charge in [0.2, 0.25) is 0 Å². The van der Waals surface area contributed by atoms with Crippen LogP contribution < -0.4 is 16.2 Å². The highest BCUT2D eigenvalue weighted by Gasteiger charge is 2.39. The van der Waals surface area contributed by atoms with Crippen molar-refractivity contribution in [3.05, 3.63) is 138 Å². The van der Waals surface area contributed by atoms with Gasteiger partial charge in [-0.3, -0.25) is 0 Å². The van der Waals surface area contributed by atoms with E-state index in [0.717, 1.165) is 29.5 Å². The van der Waals surface area contributed by atoms with Crippen molar-refractivity contribution >= 4 is 105 Å². The first-order valence-electron chi connectivity index (χ1n) is 21.7. The number of aryl methyl sites for hydroxylation is 1. The Labute approximate surface area is 356 Å². The minimum atomic E-state index is 0.0635. The summed E-state index contributed by atoms with van der Waals surface area (Å²) < 4.78 is 11.9. The predicted octanol–water partition coefficient (Wildman–Crippen LogP) is 14.1. The van der Waals surface area contributed by atoms with Gasteiger partial charge in [0.25, 0.3) is 0 Å². The van der Waals surface area contributed by atoms with Crippen molar-refractivity contribution in [2.45, 2.75) is 84.5 Å². The van der Waals surface area contributed by atoms with E-state index in [-0.39, 0.29) is 16.2 Å². The summed E-state index contributed by atoms with van der Waals surface area (Å²) in [5.74, 6) is 0. The molecule has 3 nitrogen and oxygen atoms in total. The van der Waals surface area contributed by atoms with Gasteiger partial charge < -0.3 is 14.3 Å². The van der Waals surface area contributed by atoms with Gasteiger partial charge in [-0.1, -0.05) is 109 Å². The van der Waals surface area contributed by atoms with Crippen LogP contribution >= 0.6 is 11.3 Å². The number of hydrogen-bond acceptors (Lipinski definition) is 3. The SMILES string of the molecule is Cc1cc(-c2cc3c(cc2Nc2ccc(C(C)(C)C)cc2)C(C)(C)CCC3(C)C)c2c3c1c1cc4c(cc1n3-c1cc3c(cc1B2)sc1ccccc13)oc1ccccc14. The normalized spacial score (nSPS) is 15.6. The molecular formula is C55H49BN2OS. The van der Waals surface area contributed by atoms with E-state index in [2.05, 4.69) is 181 Å². The lowest BCUT2D eigenvalue weighted by Gasteiger charge is -2.42. The van der Waals surface area contributed by atoms with Crippen LogP contribution in [0.5, 0.6) is 0 Å². The number of nitrogens with zero attached hydrogens (tertiary/aromatic N) is 1. The van der Waals surface area contributed by atoms with Crippen LogP contribution in [0.2, 0.25) is 0 Å². The zero-order chi connectivity index (χ0) is 41.0. The Bertz CT molecular complexity index is 3480. The maximum atomic E-state index is 6.60. The fourth-order valence-corrected chi connectivity index (χ4v) is 12.0. The molecule has 4 heterocycles. The summed E-state index contributed by atoms with van der Waals surface area (Å²) >= 11 is 1.91. The van der Waals surface area contributed by atoms with Crippen molar-refractivity contribution in [2.24, 2.45) is 0 Å². The van der Waals surface area contributed by atoms with Crippen LogP contribution in [0.3, 0.4) is 0 Å². The Morgan fingerprint density at radius 2 is 1.38 bits per heavy atom. The van der Waals surface area contributed by atoms with Gasteiger partial charge in [-0.25, -0.2) is 0 Å². The van der Waals surface area contributed by atoms with Crippen molar-refractivity contribution in [3.63, 3.8) is 0 Å². The Hall–Kier alpha value is -5.78. The van der Waals surface area contributed by atoms with Crippen LogP contribution in [0.1, 0.15) is 83.6 Å². The number of hydrogen-bond donors (Lipinski definition) is 1. The molecule has 3 aromatic heterocycles. The highest BCUT2D eigenvalue weighted by atomic mass is 32.1. The summed E-state index contributed by atoms with van der Waals surface area (Å²) in [6.45, 7) is 19.0. The number of nitrogens with one attached hydrogen (secondary N) is 1. The van der Waals surface area contributed by atoms with Crippen LogP contribution in [-0.2, 0) is 16.2 Å². The predicted molar refractivity (Wildman–Crippen MR) is 261 cm³/mol. The molecule has 60 heavy (non-hydrogen) atoms. The van der Waals surface area contributed by atoms with E-state index in [1.165, 1.54) is 116 Å². The molecule has 0 saturated carbocycles. The third-order valence-electron chi connectivity index (χ3n) is 14.3. The van der Waals surface area contributed by atoms with Gasteiger partial charge in [-0.15, -0.1) is 11.3 Å². The highest BCUT2D eigenvalue weighted by Crippen LogP contribution is 2.50. The van der Waals surface area contributed by atoms with Crippen LogP contribution in [0, 0.1) is 6.92 Å². The minimum absolute atomic E-state index is 0.0635. The standard InChI is InChI=1S/C55H49BN2OS/c1-30-23-38(35-25-40-41(55(7,8)22-21-54(40,5)6)27-43(35)57-32-19-17-31(18-20-32)53(2,3)4)51-52-50(30)39-24-36-33-13-9-11-15-46(33)59-47(36)29-44(39)58(52)45-26-37-34-14-10-12-16-48(34)60-49(37)28-42(45)56-51/h9-20,23-29,56-57H,21-22H2,1-8H3. The molecule has 5 heteroatoms. The molecule has 1 N–H and O–H groups in total. The third-order valence-corrected chi connectivity index (χ3v) is 15.5. The first kappa shape index (κ1) is 36.1. The summed E-state index contributed by atoms with van der Waals surface area (Å²) in [5.41, 5.74) is 19.1. The maximum absolute atomic E-state index is 6.60. The molecule has 294 valence electrons. The second-order valence-electron chi connectivity index (χ2n) is 20.2. The average Bonchev–Trinajstić information content (AvgIpc) is 3.88. The van der Waals surface area contributed by atoms with Crippen molar-refractivity contribution in [3.8, 4) is 16.8 Å². The molecule has 0 fully saturated rings. The Kier molecular flexibility index (Phi) is 7.32. The first-order chi connectivity index (χ1) is 28.7. The van der Waals surface area contributed by atoms with Gasteiger partial charge in [-0.2, -0.15) is 0 Å². The highest BCUT2D eigenvalue weighted by molar-refractivity contribution is 7.26. The topological polar surface area (TPSA) is 30.1 Å². The smallest absolute Gasteiger partial charge is 0.198 e. The number of aromatic nitrogens is 1. The van der Waals surface area contributed by atoms with E-state index in [0.29, 0.717) is 0 Å². The summed E-state index contributed by atoms with van der Waals surface area (Å²) in [6, 6.07) is 43.8. The second-order valence-corrected chi connectivity index (χ2v) is 21.2. The van der Waals surface area contributed by atoms with Crippen molar-refractivity contribution in [1.29, 1.82) is 0 Å². The number of thiophene rings is 1. The van der Waals surface area contributed by atoms with E-state index in [4.69, 9.17) is 4.42 Å². The summed E-state index contributed by atoms with van der Waals surface area (Å²) in [6.07, 6.45) is 2.34. The van der Waals surface area contributed by atoms with Gasteiger partial charge in [0, 0.05) is 75.9 Å². The Morgan fingerprint density at radius 1 is 0.667 bits per heavy atom. The number of furan rings is 1. The molecule has 7 aromatic carbocycles. The Balaban J connectivity index is 1.18. The van der Waals surface area contributed by atoms with Gasteiger partial charge in [-0.05, 0) is 124 Å². The van der Waals surface area contributed by atoms with Gasteiger partial charge >= 0.3 is 0 Å². The maximum Gasteiger partial charge on any atom is 0.198 e. The molecule has 12 rings (SSSR count). The molecule has 0 bridgehead atoms. The molecule has 0 atom stereocenters. The molecular weight excluding hydrogens is 747 g/mol. The summed E-state index contributed by atoms with van der Waals surface area (Å²) in [7, 11) is 0.854. The largest absolute Gasteiger partial charge is 0.456 e. The number of fused-ring (bicyclic) bond motifs is 12. The van der Waals surface area contributed by atoms with Crippen molar-refractivity contribution in [2.75, 3.05) is 5.32 Å². The van der Waals surface area contributed by atoms with E-state index in [1.807, 2.05) is 11.3 Å². The molecule has 2 aliphatic rings. The molecule has 1 aliphatic heterocycles. The molecule has 0 radical (unpaired) electrons. The molecule has 0 spiro atoms. The molecule has 0 saturated heterocycles. The fourth-order valence-electron chi connectivity index (χ4n) is 10.9. The van der Waals surface area contributed by atoms with Crippen LogP contribution in [0.15, 0.2) is 120 Å². The molecule has 0 amide bonds. The minimum Gasteiger partial charge on any atom is -0.456 e. The van der Waals surface area contributed by atoms with Gasteiger partial charge in [0.1, 0.15) is 11.2 Å². The third kappa shape index (κ3) is 5.14. The van der Waals surface area contributed by atoms with Crippen molar-refractivity contribution in [1.82, 2.24) is 4.57 Å². The number of benzene rings is 7. The summed E-state index contributed by atoms with van der Waals surface area (Å²) in [4.78, 5) is 0. The number of rotatable bonds is 3. The second kappa shape index (κ2) is 12.2. The lowest BCUT2D eigenvalue weighted by Crippen LogP contribution is -2.37. The number of para-hydroxylation sites is 1. The zero-order valence-electron chi connectivity index (χ0n) is 35.9. The van der Waals surface area contributed by atoms with E-state index >= 15 is 0 Å². The van der Waals surface area contributed by atoms with E-state index < -0.39 is 0 Å².